The van der Waals surface area contributed by atoms with Crippen LogP contribution >= 0.6 is 0 Å². The van der Waals surface area contributed by atoms with Crippen molar-refractivity contribution in [1.82, 2.24) is 4.90 Å². The Hall–Kier alpha value is -1.42. The second kappa shape index (κ2) is 8.19. The highest BCUT2D eigenvalue weighted by Gasteiger charge is 2.07. The molecule has 0 saturated carbocycles. The van der Waals surface area contributed by atoms with Crippen LogP contribution in [0.2, 0.25) is 0 Å². The number of hydrogen-bond acceptors (Lipinski definition) is 3. The van der Waals surface area contributed by atoms with Crippen LogP contribution < -0.4 is 0 Å². The van der Waals surface area contributed by atoms with Gasteiger partial charge in [0, 0.05) is 25.0 Å². The number of carbonyl (C=O) groups excluding carboxylic acids is 1. The summed E-state index contributed by atoms with van der Waals surface area (Å²) in [6, 6.07) is 0. The van der Waals surface area contributed by atoms with Gasteiger partial charge in [-0.25, -0.2) is 4.79 Å². The van der Waals surface area contributed by atoms with Crippen LogP contribution in [-0.2, 0) is 4.74 Å². The fraction of sp³-hybridized carbons (Fsp3) is 0.875. The van der Waals surface area contributed by atoms with Crippen LogP contribution in [0.4, 0.5) is 4.79 Å². The highest BCUT2D eigenvalue weighted by atomic mass is 16.5. The predicted molar refractivity (Wildman–Crippen MR) is 52.9 cm³/mol. The Kier molecular flexibility index (Phi) is 7.36. The Bertz CT molecular complexity index is 213. The molecular formula is C8H16N4O2. The van der Waals surface area contributed by atoms with Gasteiger partial charge in [-0.1, -0.05) is 5.11 Å². The van der Waals surface area contributed by atoms with Crippen molar-refractivity contribution in [3.05, 3.63) is 10.4 Å². The molecule has 6 nitrogen and oxygen atoms in total. The molecule has 0 aliphatic rings. The largest absolute Gasteiger partial charge is 0.450 e. The quantitative estimate of drug-likeness (QED) is 0.285. The molecule has 0 aliphatic heterocycles. The summed E-state index contributed by atoms with van der Waals surface area (Å²) >= 11 is 0. The molecule has 0 aromatic carbocycles. The van der Waals surface area contributed by atoms with Gasteiger partial charge in [-0.3, -0.25) is 0 Å². The lowest BCUT2D eigenvalue weighted by Crippen LogP contribution is -2.28. The monoisotopic (exact) mass is 200 g/mol. The third-order valence-corrected chi connectivity index (χ3v) is 1.64. The van der Waals surface area contributed by atoms with E-state index in [1.807, 2.05) is 0 Å². The van der Waals surface area contributed by atoms with E-state index in [0.29, 0.717) is 19.7 Å². The molecule has 0 heterocycles. The van der Waals surface area contributed by atoms with Crippen LogP contribution in [0.1, 0.15) is 19.8 Å². The molecule has 0 aromatic rings. The van der Waals surface area contributed by atoms with E-state index in [-0.39, 0.29) is 6.09 Å². The molecular weight excluding hydrogens is 184 g/mol. The minimum atomic E-state index is -0.309. The van der Waals surface area contributed by atoms with Gasteiger partial charge in [0.25, 0.3) is 0 Å². The van der Waals surface area contributed by atoms with Gasteiger partial charge in [0.2, 0.25) is 0 Å². The molecule has 0 atom stereocenters. The van der Waals surface area contributed by atoms with Gasteiger partial charge in [0.05, 0.1) is 6.61 Å². The summed E-state index contributed by atoms with van der Waals surface area (Å²) < 4.78 is 4.79. The summed E-state index contributed by atoms with van der Waals surface area (Å²) in [7, 11) is 1.69. The zero-order chi connectivity index (χ0) is 10.8. The van der Waals surface area contributed by atoms with E-state index >= 15 is 0 Å². The molecule has 0 aliphatic carbocycles. The number of amides is 1. The lowest BCUT2D eigenvalue weighted by molar-refractivity contribution is 0.115. The van der Waals surface area contributed by atoms with Crippen molar-refractivity contribution in [2.75, 3.05) is 26.7 Å². The normalized spacial score (nSPS) is 9.00. The molecule has 6 heteroatoms. The number of azide groups is 1. The fourth-order valence-electron chi connectivity index (χ4n) is 0.901. The third kappa shape index (κ3) is 6.14. The van der Waals surface area contributed by atoms with E-state index in [9.17, 15) is 4.79 Å². The topological polar surface area (TPSA) is 78.3 Å². The van der Waals surface area contributed by atoms with Gasteiger partial charge in [-0.2, -0.15) is 0 Å². The molecule has 0 bridgehead atoms. The van der Waals surface area contributed by atoms with Gasteiger partial charge < -0.3 is 9.64 Å². The third-order valence-electron chi connectivity index (χ3n) is 1.64. The lowest BCUT2D eigenvalue weighted by Gasteiger charge is -2.15. The number of carbonyl (C=O) groups is 1. The summed E-state index contributed by atoms with van der Waals surface area (Å²) in [6.07, 6.45) is 1.29. The van der Waals surface area contributed by atoms with Crippen molar-refractivity contribution in [2.24, 2.45) is 5.11 Å². The first kappa shape index (κ1) is 12.6. The van der Waals surface area contributed by atoms with Crippen molar-refractivity contribution in [3.8, 4) is 0 Å². The van der Waals surface area contributed by atoms with Crippen molar-refractivity contribution < 1.29 is 9.53 Å². The molecule has 14 heavy (non-hydrogen) atoms. The molecule has 1 amide bonds. The molecule has 80 valence electrons. The Morgan fingerprint density at radius 2 is 2.29 bits per heavy atom. The van der Waals surface area contributed by atoms with E-state index in [1.165, 1.54) is 4.90 Å². The standard InChI is InChI=1S/C8H16N4O2/c1-3-14-8(13)12(2)7-5-4-6-10-11-9/h3-7H2,1-2H3. The van der Waals surface area contributed by atoms with E-state index < -0.39 is 0 Å². The van der Waals surface area contributed by atoms with E-state index in [2.05, 4.69) is 10.0 Å². The summed E-state index contributed by atoms with van der Waals surface area (Å²) in [6.45, 7) is 3.27. The van der Waals surface area contributed by atoms with Crippen LogP contribution in [0, 0.1) is 0 Å². The van der Waals surface area contributed by atoms with Crippen molar-refractivity contribution >= 4 is 6.09 Å². The SMILES string of the molecule is CCOC(=O)N(C)CCCCN=[N+]=[N-]. The number of unbranched alkanes of at least 4 members (excludes halogenated alkanes) is 1. The average molecular weight is 200 g/mol. The minimum absolute atomic E-state index is 0.309. The van der Waals surface area contributed by atoms with Crippen LogP contribution in [0.15, 0.2) is 5.11 Å². The number of rotatable bonds is 6. The Morgan fingerprint density at radius 1 is 1.57 bits per heavy atom. The molecule has 0 aromatic heterocycles. The Morgan fingerprint density at radius 3 is 2.86 bits per heavy atom. The lowest BCUT2D eigenvalue weighted by atomic mass is 10.3. The molecule has 0 fully saturated rings. The van der Waals surface area contributed by atoms with Gasteiger partial charge in [-0.15, -0.1) is 0 Å². The van der Waals surface area contributed by atoms with Gasteiger partial charge in [-0.05, 0) is 25.3 Å². The average Bonchev–Trinajstić information content (AvgIpc) is 2.17. The minimum Gasteiger partial charge on any atom is -0.450 e. The second-order valence-corrected chi connectivity index (χ2v) is 2.78. The van der Waals surface area contributed by atoms with Gasteiger partial charge in [0.1, 0.15) is 0 Å². The van der Waals surface area contributed by atoms with E-state index in [0.717, 1.165) is 12.8 Å². The smallest absolute Gasteiger partial charge is 0.409 e. The highest BCUT2D eigenvalue weighted by molar-refractivity contribution is 5.67. The summed E-state index contributed by atoms with van der Waals surface area (Å²) in [4.78, 5) is 15.2. The first-order chi connectivity index (χ1) is 6.72. The van der Waals surface area contributed by atoms with Crippen molar-refractivity contribution in [3.63, 3.8) is 0 Å². The number of nitrogens with zero attached hydrogens (tertiary/aromatic N) is 4. The zero-order valence-corrected chi connectivity index (χ0v) is 8.64. The molecule has 0 unspecified atom stereocenters. The number of ether oxygens (including phenoxy) is 1. The maximum absolute atomic E-state index is 11.1. The number of hydrogen-bond donors (Lipinski definition) is 0. The van der Waals surface area contributed by atoms with Crippen LogP contribution in [-0.4, -0.2) is 37.7 Å². The second-order valence-electron chi connectivity index (χ2n) is 2.78. The molecule has 0 N–H and O–H groups in total. The van der Waals surface area contributed by atoms with E-state index in [1.54, 1.807) is 14.0 Å². The predicted octanol–water partition coefficient (Wildman–Crippen LogP) is 2.17. The maximum Gasteiger partial charge on any atom is 0.409 e. The van der Waals surface area contributed by atoms with E-state index in [4.69, 9.17) is 10.3 Å². The summed E-state index contributed by atoms with van der Waals surface area (Å²) in [5.41, 5.74) is 8.01. The molecule has 0 spiro atoms. The molecule has 0 radical (unpaired) electrons. The van der Waals surface area contributed by atoms with Gasteiger partial charge >= 0.3 is 6.09 Å². The Labute approximate surface area is 83.5 Å². The Balaban J connectivity index is 3.47. The van der Waals surface area contributed by atoms with Gasteiger partial charge in [0.15, 0.2) is 0 Å². The first-order valence-corrected chi connectivity index (χ1v) is 4.61. The first-order valence-electron chi connectivity index (χ1n) is 4.61. The maximum atomic E-state index is 11.1. The van der Waals surface area contributed by atoms with Crippen LogP contribution in [0.5, 0.6) is 0 Å². The summed E-state index contributed by atoms with van der Waals surface area (Å²) in [5.74, 6) is 0. The molecule has 0 saturated heterocycles. The van der Waals surface area contributed by atoms with Crippen molar-refractivity contribution in [1.29, 1.82) is 0 Å². The summed E-state index contributed by atoms with van der Waals surface area (Å²) in [5, 5.41) is 3.40. The highest BCUT2D eigenvalue weighted by Crippen LogP contribution is 1.96. The van der Waals surface area contributed by atoms with Crippen LogP contribution in [0.3, 0.4) is 0 Å². The van der Waals surface area contributed by atoms with Crippen LogP contribution in [0.25, 0.3) is 10.4 Å². The zero-order valence-electron chi connectivity index (χ0n) is 8.64. The fourth-order valence-corrected chi connectivity index (χ4v) is 0.901. The molecule has 0 rings (SSSR count). The van der Waals surface area contributed by atoms with Crippen molar-refractivity contribution in [2.45, 2.75) is 19.8 Å².